The van der Waals surface area contributed by atoms with Gasteiger partial charge >= 0.3 is 12.1 Å². The fraction of sp³-hybridized carbons (Fsp3) is 0.464. The summed E-state index contributed by atoms with van der Waals surface area (Å²) in [5, 5.41) is 14.5. The third-order valence-corrected chi connectivity index (χ3v) is 6.74. The van der Waals surface area contributed by atoms with Crippen LogP contribution in [0.2, 0.25) is 0 Å². The van der Waals surface area contributed by atoms with E-state index in [1.807, 2.05) is 38.1 Å². The van der Waals surface area contributed by atoms with Gasteiger partial charge in [0.1, 0.15) is 6.61 Å². The van der Waals surface area contributed by atoms with E-state index < -0.39 is 12.1 Å². The van der Waals surface area contributed by atoms with E-state index in [1.165, 1.54) is 22.3 Å². The van der Waals surface area contributed by atoms with Crippen LogP contribution in [-0.4, -0.2) is 42.8 Å². The van der Waals surface area contributed by atoms with Crippen molar-refractivity contribution in [3.8, 4) is 11.1 Å². The highest BCUT2D eigenvalue weighted by molar-refractivity contribution is 5.79. The van der Waals surface area contributed by atoms with E-state index in [2.05, 4.69) is 34.9 Å². The molecule has 7 nitrogen and oxygen atoms in total. The maximum absolute atomic E-state index is 12.4. The molecule has 3 rings (SSSR count). The molecule has 0 aliphatic heterocycles. The van der Waals surface area contributed by atoms with Gasteiger partial charge in [0.2, 0.25) is 5.91 Å². The second-order valence-electron chi connectivity index (χ2n) is 9.36. The summed E-state index contributed by atoms with van der Waals surface area (Å²) in [6, 6.07) is 16.4. The summed E-state index contributed by atoms with van der Waals surface area (Å²) in [6.45, 7) is 5.14. The Hall–Kier alpha value is -3.35. The van der Waals surface area contributed by atoms with Crippen LogP contribution in [0.4, 0.5) is 4.79 Å². The number of rotatable bonds is 13. The zero-order chi connectivity index (χ0) is 25.2. The van der Waals surface area contributed by atoms with Crippen molar-refractivity contribution in [3.63, 3.8) is 0 Å². The van der Waals surface area contributed by atoms with Crippen LogP contribution in [0.1, 0.15) is 63.0 Å². The first-order chi connectivity index (χ1) is 16.9. The van der Waals surface area contributed by atoms with Gasteiger partial charge in [-0.25, -0.2) is 4.79 Å². The largest absolute Gasteiger partial charge is 0.481 e. The summed E-state index contributed by atoms with van der Waals surface area (Å²) in [7, 11) is 0. The smallest absolute Gasteiger partial charge is 0.407 e. The van der Waals surface area contributed by atoms with Gasteiger partial charge in [0.25, 0.3) is 0 Å². The number of carboxylic acid groups (broad SMARTS) is 1. The minimum Gasteiger partial charge on any atom is -0.481 e. The molecule has 7 heteroatoms. The first-order valence-corrected chi connectivity index (χ1v) is 12.5. The normalized spacial score (nSPS) is 13.9. The van der Waals surface area contributed by atoms with Crippen LogP contribution >= 0.6 is 0 Å². The Balaban J connectivity index is 1.39. The van der Waals surface area contributed by atoms with Gasteiger partial charge in [-0.15, -0.1) is 0 Å². The average molecular weight is 481 g/mol. The zero-order valence-corrected chi connectivity index (χ0v) is 20.6. The van der Waals surface area contributed by atoms with E-state index in [4.69, 9.17) is 9.84 Å². The molecule has 0 bridgehead atoms. The van der Waals surface area contributed by atoms with Gasteiger partial charge < -0.3 is 20.5 Å². The molecule has 0 spiro atoms. The van der Waals surface area contributed by atoms with E-state index in [9.17, 15) is 14.4 Å². The Morgan fingerprint density at radius 3 is 2.20 bits per heavy atom. The number of hydrogen-bond donors (Lipinski definition) is 3. The Morgan fingerprint density at radius 1 is 0.971 bits per heavy atom. The first-order valence-electron chi connectivity index (χ1n) is 12.5. The number of fused-ring (bicyclic) bond motifs is 3. The topological polar surface area (TPSA) is 105 Å². The molecule has 35 heavy (non-hydrogen) atoms. The number of carbonyl (C=O) groups excluding carboxylic acids is 2. The van der Waals surface area contributed by atoms with Gasteiger partial charge in [-0.1, -0.05) is 68.8 Å². The SMILES string of the molecule is CCC(CNC(=O)OCC1c2ccccc2-c2ccccc21)CC(=O)NCCC(C)CCC(=O)O. The molecule has 0 saturated heterocycles. The summed E-state index contributed by atoms with van der Waals surface area (Å²) in [5.74, 6) is -0.588. The summed E-state index contributed by atoms with van der Waals surface area (Å²) in [4.78, 5) is 35.3. The van der Waals surface area contributed by atoms with Crippen LogP contribution in [0.5, 0.6) is 0 Å². The number of aliphatic carboxylic acids is 1. The highest BCUT2D eigenvalue weighted by Crippen LogP contribution is 2.44. The van der Waals surface area contributed by atoms with Crippen LogP contribution in [0.15, 0.2) is 48.5 Å². The number of nitrogens with one attached hydrogen (secondary N) is 2. The molecule has 3 N–H and O–H groups in total. The molecule has 2 amide bonds. The molecule has 2 aromatic rings. The monoisotopic (exact) mass is 480 g/mol. The third kappa shape index (κ3) is 7.57. The molecule has 2 unspecified atom stereocenters. The molecule has 188 valence electrons. The second kappa shape index (κ2) is 12.9. The van der Waals surface area contributed by atoms with Crippen molar-refractivity contribution in [1.29, 1.82) is 0 Å². The fourth-order valence-corrected chi connectivity index (χ4v) is 4.54. The van der Waals surface area contributed by atoms with E-state index in [1.54, 1.807) is 0 Å². The number of amides is 2. The second-order valence-corrected chi connectivity index (χ2v) is 9.36. The minimum atomic E-state index is -0.796. The lowest BCUT2D eigenvalue weighted by molar-refractivity contribution is -0.137. The molecule has 0 saturated carbocycles. The average Bonchev–Trinajstić information content (AvgIpc) is 3.17. The predicted octanol–water partition coefficient (Wildman–Crippen LogP) is 4.95. The molecule has 0 fully saturated rings. The van der Waals surface area contributed by atoms with Gasteiger partial charge in [-0.3, -0.25) is 9.59 Å². The van der Waals surface area contributed by atoms with Crippen LogP contribution in [0.25, 0.3) is 11.1 Å². The number of carboxylic acids is 1. The van der Waals surface area contributed by atoms with Crippen molar-refractivity contribution in [2.24, 2.45) is 11.8 Å². The van der Waals surface area contributed by atoms with Gasteiger partial charge in [-0.2, -0.15) is 0 Å². The van der Waals surface area contributed by atoms with Gasteiger partial charge in [0.05, 0.1) is 0 Å². The zero-order valence-electron chi connectivity index (χ0n) is 20.6. The van der Waals surface area contributed by atoms with Crippen LogP contribution in [-0.2, 0) is 14.3 Å². The standard InChI is InChI=1S/C28H36N2O5/c1-3-20(16-26(31)29-15-14-19(2)12-13-27(32)33)17-30-28(34)35-18-25-23-10-6-4-8-21(23)22-9-5-7-11-24(22)25/h4-11,19-20,25H,3,12-18H2,1-2H3,(H,29,31)(H,30,34)(H,32,33). The van der Waals surface area contributed by atoms with Crippen molar-refractivity contribution in [3.05, 3.63) is 59.7 Å². The van der Waals surface area contributed by atoms with Crippen molar-refractivity contribution in [2.75, 3.05) is 19.7 Å². The number of ether oxygens (including phenoxy) is 1. The summed E-state index contributed by atoms with van der Waals surface area (Å²) >= 11 is 0. The highest BCUT2D eigenvalue weighted by Gasteiger charge is 2.29. The lowest BCUT2D eigenvalue weighted by Gasteiger charge is -2.18. The van der Waals surface area contributed by atoms with E-state index in [0.717, 1.165) is 12.8 Å². The van der Waals surface area contributed by atoms with Crippen molar-refractivity contribution >= 4 is 18.0 Å². The van der Waals surface area contributed by atoms with Crippen LogP contribution < -0.4 is 10.6 Å². The Morgan fingerprint density at radius 2 is 1.60 bits per heavy atom. The summed E-state index contributed by atoms with van der Waals surface area (Å²) in [5.41, 5.74) is 4.71. The summed E-state index contributed by atoms with van der Waals surface area (Å²) in [6.07, 6.45) is 2.10. The van der Waals surface area contributed by atoms with Gasteiger partial charge in [-0.05, 0) is 46.9 Å². The number of benzene rings is 2. The highest BCUT2D eigenvalue weighted by atomic mass is 16.5. The fourth-order valence-electron chi connectivity index (χ4n) is 4.54. The molecular formula is C28H36N2O5. The van der Waals surface area contributed by atoms with Gasteiger partial charge in [0.15, 0.2) is 0 Å². The van der Waals surface area contributed by atoms with E-state index >= 15 is 0 Å². The van der Waals surface area contributed by atoms with E-state index in [0.29, 0.717) is 25.9 Å². The lowest BCUT2D eigenvalue weighted by atomic mass is 9.98. The maximum Gasteiger partial charge on any atom is 0.407 e. The molecule has 1 aliphatic rings. The quantitative estimate of drug-likeness (QED) is 0.376. The third-order valence-electron chi connectivity index (χ3n) is 6.74. The molecule has 0 heterocycles. The minimum absolute atomic E-state index is 0.0128. The molecule has 1 aliphatic carbocycles. The summed E-state index contributed by atoms with van der Waals surface area (Å²) < 4.78 is 5.58. The van der Waals surface area contributed by atoms with Crippen molar-refractivity contribution in [1.82, 2.24) is 10.6 Å². The van der Waals surface area contributed by atoms with Crippen molar-refractivity contribution in [2.45, 2.75) is 51.9 Å². The lowest BCUT2D eigenvalue weighted by Crippen LogP contribution is -2.34. The maximum atomic E-state index is 12.4. The molecule has 0 aromatic heterocycles. The van der Waals surface area contributed by atoms with Gasteiger partial charge in [0, 0.05) is 31.8 Å². The predicted molar refractivity (Wildman–Crippen MR) is 135 cm³/mol. The Bertz CT molecular complexity index is 976. The Labute approximate surface area is 207 Å². The number of hydrogen-bond acceptors (Lipinski definition) is 4. The molecule has 0 radical (unpaired) electrons. The van der Waals surface area contributed by atoms with Crippen LogP contribution in [0.3, 0.4) is 0 Å². The van der Waals surface area contributed by atoms with E-state index in [-0.39, 0.29) is 36.7 Å². The molecule has 2 aromatic carbocycles. The number of alkyl carbamates (subject to hydrolysis) is 1. The molecular weight excluding hydrogens is 444 g/mol. The number of carbonyl (C=O) groups is 3. The van der Waals surface area contributed by atoms with Crippen molar-refractivity contribution < 1.29 is 24.2 Å². The molecule has 2 atom stereocenters. The Kier molecular flexibility index (Phi) is 9.70. The van der Waals surface area contributed by atoms with Crippen LogP contribution in [0, 0.1) is 11.8 Å². The first kappa shape index (κ1) is 26.3.